The monoisotopic (exact) mass is 434 g/mol. The minimum Gasteiger partial charge on any atom is -0.325 e. The van der Waals surface area contributed by atoms with Gasteiger partial charge < -0.3 is 5.32 Å². The number of anilines is 1. The van der Waals surface area contributed by atoms with Crippen LogP contribution in [0, 0.1) is 6.92 Å². The van der Waals surface area contributed by atoms with Crippen molar-refractivity contribution in [2.45, 2.75) is 44.2 Å². The van der Waals surface area contributed by atoms with E-state index in [4.69, 9.17) is 0 Å². The molecule has 5 nitrogen and oxygen atoms in total. The summed E-state index contributed by atoms with van der Waals surface area (Å²) in [5, 5.41) is 2.93. The number of benzene rings is 3. The topological polar surface area (TPSA) is 66.5 Å². The molecule has 160 valence electrons. The number of hydrogen-bond donors (Lipinski definition) is 1. The van der Waals surface area contributed by atoms with Gasteiger partial charge in [-0.1, -0.05) is 61.0 Å². The maximum Gasteiger partial charge on any atom is 0.244 e. The van der Waals surface area contributed by atoms with E-state index in [1.165, 1.54) is 4.31 Å². The first kappa shape index (κ1) is 21.3. The van der Waals surface area contributed by atoms with E-state index in [1.54, 1.807) is 24.3 Å². The van der Waals surface area contributed by atoms with Crippen molar-refractivity contribution in [3.05, 3.63) is 95.1 Å². The van der Waals surface area contributed by atoms with Gasteiger partial charge in [-0.15, -0.1) is 0 Å². The van der Waals surface area contributed by atoms with Crippen LogP contribution in [-0.4, -0.2) is 24.7 Å². The molecule has 0 spiro atoms. The van der Waals surface area contributed by atoms with Gasteiger partial charge >= 0.3 is 0 Å². The van der Waals surface area contributed by atoms with Crippen molar-refractivity contribution in [2.75, 3.05) is 5.32 Å². The zero-order chi connectivity index (χ0) is 22.0. The summed E-state index contributed by atoms with van der Waals surface area (Å²) >= 11 is 0. The van der Waals surface area contributed by atoms with E-state index < -0.39 is 16.1 Å². The highest BCUT2D eigenvalue weighted by atomic mass is 32.2. The lowest BCUT2D eigenvalue weighted by Gasteiger charge is -2.35. The Morgan fingerprint density at radius 1 is 1.00 bits per heavy atom. The van der Waals surface area contributed by atoms with Crippen molar-refractivity contribution in [3.63, 3.8) is 0 Å². The van der Waals surface area contributed by atoms with Crippen LogP contribution in [0.15, 0.2) is 77.7 Å². The van der Waals surface area contributed by atoms with Gasteiger partial charge in [0.05, 0.1) is 4.90 Å². The normalized spacial score (nSPS) is 16.5. The highest BCUT2D eigenvalue weighted by Crippen LogP contribution is 2.30. The number of aryl methyl sites for hydroxylation is 2. The fourth-order valence-electron chi connectivity index (χ4n) is 3.92. The Morgan fingerprint density at radius 3 is 2.42 bits per heavy atom. The molecule has 3 aromatic carbocycles. The average molecular weight is 435 g/mol. The van der Waals surface area contributed by atoms with Gasteiger partial charge in [-0.2, -0.15) is 4.31 Å². The summed E-state index contributed by atoms with van der Waals surface area (Å²) in [6.45, 7) is 4.13. The fourth-order valence-corrected chi connectivity index (χ4v) is 5.48. The predicted octanol–water partition coefficient (Wildman–Crippen LogP) is 4.31. The smallest absolute Gasteiger partial charge is 0.244 e. The molecule has 1 amide bonds. The molecular weight excluding hydrogens is 408 g/mol. The van der Waals surface area contributed by atoms with Crippen molar-refractivity contribution in [1.29, 1.82) is 0 Å². The van der Waals surface area contributed by atoms with Crippen molar-refractivity contribution >= 4 is 21.6 Å². The summed E-state index contributed by atoms with van der Waals surface area (Å²) in [5.41, 5.74) is 4.69. The van der Waals surface area contributed by atoms with Gasteiger partial charge in [0.1, 0.15) is 6.04 Å². The number of rotatable bonds is 5. The first-order valence-corrected chi connectivity index (χ1v) is 11.9. The number of nitrogens with one attached hydrogen (secondary N) is 1. The molecule has 0 radical (unpaired) electrons. The number of fused-ring (bicyclic) bond motifs is 1. The van der Waals surface area contributed by atoms with Crippen LogP contribution >= 0.6 is 0 Å². The van der Waals surface area contributed by atoms with Gasteiger partial charge in [0.15, 0.2) is 0 Å². The second kappa shape index (κ2) is 8.65. The Labute approximate surface area is 183 Å². The first-order chi connectivity index (χ1) is 14.9. The van der Waals surface area contributed by atoms with Crippen molar-refractivity contribution in [1.82, 2.24) is 4.31 Å². The van der Waals surface area contributed by atoms with E-state index >= 15 is 0 Å². The molecule has 0 aliphatic carbocycles. The summed E-state index contributed by atoms with van der Waals surface area (Å²) in [6.07, 6.45) is 1.19. The molecule has 31 heavy (non-hydrogen) atoms. The standard InChI is InChI=1S/C25H26N2O3S/c1-3-19-7-6-10-22(15-19)26-25(28)24-16-20-8-4-5-9-21(20)17-27(24)31(29,30)23-13-11-18(2)12-14-23/h4-15,24H,3,16-17H2,1-2H3,(H,26,28). The van der Waals surface area contributed by atoms with E-state index in [0.29, 0.717) is 12.1 Å². The fraction of sp³-hybridized carbons (Fsp3) is 0.240. The second-order valence-corrected chi connectivity index (χ2v) is 9.79. The van der Waals surface area contributed by atoms with E-state index in [0.717, 1.165) is 28.7 Å². The summed E-state index contributed by atoms with van der Waals surface area (Å²) in [5.74, 6) is -0.321. The first-order valence-electron chi connectivity index (χ1n) is 10.4. The lowest BCUT2D eigenvalue weighted by Crippen LogP contribution is -2.50. The molecule has 1 heterocycles. The molecule has 1 unspecified atom stereocenters. The number of nitrogens with zero attached hydrogens (tertiary/aromatic N) is 1. The molecule has 0 saturated heterocycles. The SMILES string of the molecule is CCc1cccc(NC(=O)C2Cc3ccccc3CN2S(=O)(=O)c2ccc(C)cc2)c1. The quantitative estimate of drug-likeness (QED) is 0.651. The Hall–Kier alpha value is -2.96. The number of carbonyl (C=O) groups is 1. The largest absolute Gasteiger partial charge is 0.325 e. The third kappa shape index (κ3) is 4.40. The maximum absolute atomic E-state index is 13.5. The van der Waals surface area contributed by atoms with Crippen LogP contribution in [0.2, 0.25) is 0 Å². The molecule has 6 heteroatoms. The van der Waals surface area contributed by atoms with Crippen molar-refractivity contribution < 1.29 is 13.2 Å². The zero-order valence-electron chi connectivity index (χ0n) is 17.7. The minimum absolute atomic E-state index is 0.166. The van der Waals surface area contributed by atoms with Crippen LogP contribution in [0.3, 0.4) is 0 Å². The molecule has 4 rings (SSSR count). The zero-order valence-corrected chi connectivity index (χ0v) is 18.5. The van der Waals surface area contributed by atoms with E-state index in [2.05, 4.69) is 12.2 Å². The Balaban J connectivity index is 1.70. The predicted molar refractivity (Wildman–Crippen MR) is 122 cm³/mol. The van der Waals surface area contributed by atoms with Gasteiger partial charge in [0.25, 0.3) is 0 Å². The van der Waals surface area contributed by atoms with Gasteiger partial charge in [0.2, 0.25) is 15.9 Å². The number of carbonyl (C=O) groups excluding carboxylic acids is 1. The van der Waals surface area contributed by atoms with Crippen LogP contribution < -0.4 is 5.32 Å². The van der Waals surface area contributed by atoms with Gasteiger partial charge in [-0.05, 0) is 60.7 Å². The molecule has 0 aromatic heterocycles. The maximum atomic E-state index is 13.5. The lowest BCUT2D eigenvalue weighted by atomic mass is 9.95. The average Bonchev–Trinajstić information content (AvgIpc) is 2.78. The number of amides is 1. The van der Waals surface area contributed by atoms with E-state index in [9.17, 15) is 13.2 Å². The van der Waals surface area contributed by atoms with E-state index in [-0.39, 0.29) is 17.3 Å². The van der Waals surface area contributed by atoms with Crippen LogP contribution in [0.1, 0.15) is 29.2 Å². The third-order valence-electron chi connectivity index (χ3n) is 5.74. The third-order valence-corrected chi connectivity index (χ3v) is 7.61. The summed E-state index contributed by atoms with van der Waals surface area (Å²) in [7, 11) is -3.85. The van der Waals surface area contributed by atoms with Gasteiger partial charge in [0, 0.05) is 12.2 Å². The van der Waals surface area contributed by atoms with Gasteiger partial charge in [-0.25, -0.2) is 8.42 Å². The molecular formula is C25H26N2O3S. The Bertz CT molecular complexity index is 1200. The Kier molecular flexibility index (Phi) is 5.94. The van der Waals surface area contributed by atoms with Gasteiger partial charge in [-0.3, -0.25) is 4.79 Å². The molecule has 0 saturated carbocycles. The lowest BCUT2D eigenvalue weighted by molar-refractivity contribution is -0.120. The van der Waals surface area contributed by atoms with Crippen LogP contribution in [0.25, 0.3) is 0 Å². The molecule has 1 aliphatic heterocycles. The number of sulfonamides is 1. The Morgan fingerprint density at radius 2 is 1.71 bits per heavy atom. The molecule has 0 fully saturated rings. The second-order valence-electron chi connectivity index (χ2n) is 7.90. The van der Waals surface area contributed by atoms with Crippen molar-refractivity contribution in [2.24, 2.45) is 0 Å². The molecule has 1 atom stereocenters. The summed E-state index contributed by atoms with van der Waals surface area (Å²) in [6, 6.07) is 21.3. The highest BCUT2D eigenvalue weighted by Gasteiger charge is 2.39. The van der Waals surface area contributed by atoms with Crippen molar-refractivity contribution in [3.8, 4) is 0 Å². The summed E-state index contributed by atoms with van der Waals surface area (Å²) < 4.78 is 28.4. The van der Waals surface area contributed by atoms with Crippen LogP contribution in [0.4, 0.5) is 5.69 Å². The molecule has 1 N–H and O–H groups in total. The highest BCUT2D eigenvalue weighted by molar-refractivity contribution is 7.89. The molecule has 0 bridgehead atoms. The van der Waals surface area contributed by atoms with E-state index in [1.807, 2.05) is 55.5 Å². The van der Waals surface area contributed by atoms with Crippen LogP contribution in [-0.2, 0) is 34.2 Å². The van der Waals surface area contributed by atoms with Crippen LogP contribution in [0.5, 0.6) is 0 Å². The minimum atomic E-state index is -3.85. The molecule has 1 aliphatic rings. The number of hydrogen-bond acceptors (Lipinski definition) is 3. The summed E-state index contributed by atoms with van der Waals surface area (Å²) in [4.78, 5) is 13.5. The molecule has 3 aromatic rings.